The van der Waals surface area contributed by atoms with Gasteiger partial charge in [-0.15, -0.1) is 0 Å². The molecule has 0 atom stereocenters. The van der Waals surface area contributed by atoms with E-state index in [1.54, 1.807) is 36.4 Å². The van der Waals surface area contributed by atoms with Gasteiger partial charge in [0.15, 0.2) is 12.1 Å². The summed E-state index contributed by atoms with van der Waals surface area (Å²) in [7, 11) is 1.78. The summed E-state index contributed by atoms with van der Waals surface area (Å²) >= 11 is 0. The Bertz CT molecular complexity index is 1200. The van der Waals surface area contributed by atoms with E-state index in [1.165, 1.54) is 30.5 Å². The lowest BCUT2D eigenvalue weighted by atomic mass is 10.1. The monoisotopic (exact) mass is 409 g/mol. The zero-order chi connectivity index (χ0) is 21.7. The van der Waals surface area contributed by atoms with Crippen LogP contribution < -0.4 is 16.1 Å². The van der Waals surface area contributed by atoms with Crippen LogP contribution in [0.15, 0.2) is 69.8 Å². The number of hydrogen-bond acceptors (Lipinski definition) is 7. The third-order valence-corrected chi connectivity index (χ3v) is 4.37. The maximum atomic E-state index is 13.7. The third-order valence-electron chi connectivity index (χ3n) is 4.37. The number of benzene rings is 1. The second-order valence-corrected chi connectivity index (χ2v) is 6.58. The van der Waals surface area contributed by atoms with E-state index in [2.05, 4.69) is 4.98 Å². The lowest BCUT2D eigenvalue weighted by molar-refractivity contribution is -0.104. The highest BCUT2D eigenvalue weighted by atomic mass is 19.1. The fourth-order valence-corrected chi connectivity index (χ4v) is 2.82. The van der Waals surface area contributed by atoms with Crippen molar-refractivity contribution >= 4 is 17.3 Å². The zero-order valence-corrected chi connectivity index (χ0v) is 16.5. The Morgan fingerprint density at radius 3 is 2.90 bits per heavy atom. The molecule has 3 aromatic rings. The smallest absolute Gasteiger partial charge is 0.341 e. The van der Waals surface area contributed by atoms with Gasteiger partial charge < -0.3 is 19.8 Å². The van der Waals surface area contributed by atoms with Gasteiger partial charge in [-0.3, -0.25) is 4.79 Å². The molecule has 2 N–H and O–H groups in total. The van der Waals surface area contributed by atoms with Crippen molar-refractivity contribution in [1.29, 1.82) is 0 Å². The topological polar surface area (TPSA) is 98.7 Å². The number of fused-ring (bicyclic) bond motifs is 1. The van der Waals surface area contributed by atoms with Crippen LogP contribution in [0.25, 0.3) is 11.0 Å². The largest absolute Gasteiger partial charge is 0.436 e. The molecule has 2 heterocycles. The van der Waals surface area contributed by atoms with E-state index in [9.17, 15) is 14.0 Å². The zero-order valence-electron chi connectivity index (χ0n) is 16.5. The van der Waals surface area contributed by atoms with Crippen LogP contribution in [0.3, 0.4) is 0 Å². The van der Waals surface area contributed by atoms with E-state index in [1.807, 2.05) is 6.92 Å². The number of ether oxygens (including phenoxy) is 1. The van der Waals surface area contributed by atoms with Crippen molar-refractivity contribution in [2.24, 2.45) is 5.73 Å². The van der Waals surface area contributed by atoms with Gasteiger partial charge in [-0.05, 0) is 55.1 Å². The number of rotatable bonds is 7. The van der Waals surface area contributed by atoms with Crippen LogP contribution in [0.1, 0.15) is 11.1 Å². The number of aryl methyl sites for hydroxylation is 1. The van der Waals surface area contributed by atoms with Gasteiger partial charge in [0.25, 0.3) is 5.88 Å². The van der Waals surface area contributed by atoms with Gasteiger partial charge in [0, 0.05) is 31.2 Å². The Balaban J connectivity index is 1.87. The fourth-order valence-electron chi connectivity index (χ4n) is 2.82. The number of aromatic nitrogens is 1. The van der Waals surface area contributed by atoms with E-state index in [0.29, 0.717) is 29.7 Å². The van der Waals surface area contributed by atoms with Crippen molar-refractivity contribution in [3.05, 3.63) is 87.9 Å². The standard InChI is InChI=1S/C22H20FN3O4/c1-14-17-8-7-16(29-21-19(23)6-3-9-25-21)11-20(17)30-22(28)18(14)12-26(2)10-4-5-15(24)13-27/h3-11,13H,12,24H2,1-2H3/b10-4-,15-5+. The van der Waals surface area contributed by atoms with Gasteiger partial charge in [-0.25, -0.2) is 14.2 Å². The highest BCUT2D eigenvalue weighted by molar-refractivity contribution is 5.82. The number of aldehydes is 1. The van der Waals surface area contributed by atoms with Crippen molar-refractivity contribution in [2.75, 3.05) is 7.05 Å². The van der Waals surface area contributed by atoms with E-state index >= 15 is 0 Å². The molecule has 8 heteroatoms. The van der Waals surface area contributed by atoms with Crippen LogP contribution >= 0.6 is 0 Å². The van der Waals surface area contributed by atoms with Gasteiger partial charge in [0.2, 0.25) is 0 Å². The number of hydrogen-bond donors (Lipinski definition) is 1. The summed E-state index contributed by atoms with van der Waals surface area (Å²) in [5, 5.41) is 0.737. The first kappa shape index (κ1) is 20.8. The van der Waals surface area contributed by atoms with Crippen LogP contribution in [0.2, 0.25) is 0 Å². The molecule has 30 heavy (non-hydrogen) atoms. The average Bonchev–Trinajstić information content (AvgIpc) is 2.72. The summed E-state index contributed by atoms with van der Waals surface area (Å²) < 4.78 is 24.7. The van der Waals surface area contributed by atoms with Crippen LogP contribution in [-0.4, -0.2) is 23.2 Å². The molecule has 0 spiro atoms. The summed E-state index contributed by atoms with van der Waals surface area (Å²) in [5.41, 5.74) is 6.62. The molecule has 0 bridgehead atoms. The average molecular weight is 409 g/mol. The molecule has 0 fully saturated rings. The van der Waals surface area contributed by atoms with Crippen LogP contribution in [0.4, 0.5) is 4.39 Å². The highest BCUT2D eigenvalue weighted by Gasteiger charge is 2.14. The maximum Gasteiger partial charge on any atom is 0.341 e. The minimum absolute atomic E-state index is 0.102. The summed E-state index contributed by atoms with van der Waals surface area (Å²) in [5.74, 6) is -0.452. The molecule has 0 amide bonds. The number of halogens is 1. The Morgan fingerprint density at radius 2 is 2.17 bits per heavy atom. The molecule has 2 aromatic heterocycles. The van der Waals surface area contributed by atoms with Gasteiger partial charge in [-0.1, -0.05) is 0 Å². The summed E-state index contributed by atoms with van der Waals surface area (Å²) in [6.45, 7) is 2.13. The second-order valence-electron chi connectivity index (χ2n) is 6.58. The minimum atomic E-state index is -0.591. The summed E-state index contributed by atoms with van der Waals surface area (Å²) in [6.07, 6.45) is 6.74. The van der Waals surface area contributed by atoms with Gasteiger partial charge in [-0.2, -0.15) is 0 Å². The number of nitrogens with zero attached hydrogens (tertiary/aromatic N) is 2. The van der Waals surface area contributed by atoms with Crippen molar-refractivity contribution in [1.82, 2.24) is 9.88 Å². The van der Waals surface area contributed by atoms with Gasteiger partial charge in [0.1, 0.15) is 11.3 Å². The number of allylic oxidation sites excluding steroid dienone is 3. The Labute approximate surface area is 171 Å². The molecule has 1 aromatic carbocycles. The molecule has 154 valence electrons. The number of carbonyl (C=O) groups is 1. The van der Waals surface area contributed by atoms with Gasteiger partial charge in [0.05, 0.1) is 11.3 Å². The predicted octanol–water partition coefficient (Wildman–Crippen LogP) is 3.41. The molecule has 0 aliphatic carbocycles. The second kappa shape index (κ2) is 9.04. The highest BCUT2D eigenvalue weighted by Crippen LogP contribution is 2.28. The van der Waals surface area contributed by atoms with E-state index in [0.717, 1.165) is 10.9 Å². The Kier molecular flexibility index (Phi) is 6.26. The molecule has 7 nitrogen and oxygen atoms in total. The Hall–Kier alpha value is -3.94. The fraction of sp³-hybridized carbons (Fsp3) is 0.136. The SMILES string of the molecule is Cc1c(CN(C)/C=C\C=C(\N)C=O)c(=O)oc2cc(Oc3ncccc3F)ccc12. The molecule has 3 rings (SSSR count). The lowest BCUT2D eigenvalue weighted by Gasteiger charge is -2.15. The Morgan fingerprint density at radius 1 is 1.37 bits per heavy atom. The molecule has 0 saturated heterocycles. The van der Waals surface area contributed by atoms with E-state index in [4.69, 9.17) is 14.9 Å². The predicted molar refractivity (Wildman–Crippen MR) is 110 cm³/mol. The van der Waals surface area contributed by atoms with Crippen molar-refractivity contribution in [3.8, 4) is 11.6 Å². The molecule has 0 aliphatic rings. The summed E-state index contributed by atoms with van der Waals surface area (Å²) in [6, 6.07) is 7.64. The van der Waals surface area contributed by atoms with Crippen LogP contribution in [0.5, 0.6) is 11.6 Å². The minimum Gasteiger partial charge on any atom is -0.436 e. The number of carbonyl (C=O) groups excluding carboxylic acids is 1. The van der Waals surface area contributed by atoms with E-state index in [-0.39, 0.29) is 11.6 Å². The molecular weight excluding hydrogens is 389 g/mol. The summed E-state index contributed by atoms with van der Waals surface area (Å²) in [4.78, 5) is 28.6. The van der Waals surface area contributed by atoms with E-state index < -0.39 is 11.4 Å². The lowest BCUT2D eigenvalue weighted by Crippen LogP contribution is -2.19. The van der Waals surface area contributed by atoms with Crippen molar-refractivity contribution < 1.29 is 18.3 Å². The van der Waals surface area contributed by atoms with Crippen molar-refractivity contribution in [2.45, 2.75) is 13.5 Å². The molecule has 0 saturated carbocycles. The first-order valence-electron chi connectivity index (χ1n) is 9.03. The normalized spacial score (nSPS) is 11.8. The number of nitrogens with two attached hydrogens (primary N) is 1. The third kappa shape index (κ3) is 4.72. The first-order valence-corrected chi connectivity index (χ1v) is 9.03. The first-order chi connectivity index (χ1) is 14.4. The number of pyridine rings is 1. The molecule has 0 unspecified atom stereocenters. The van der Waals surface area contributed by atoms with Gasteiger partial charge >= 0.3 is 5.63 Å². The molecule has 0 radical (unpaired) electrons. The van der Waals surface area contributed by atoms with Crippen molar-refractivity contribution in [3.63, 3.8) is 0 Å². The maximum absolute atomic E-state index is 13.7. The van der Waals surface area contributed by atoms with Crippen LogP contribution in [-0.2, 0) is 11.3 Å². The molecule has 0 aliphatic heterocycles. The van der Waals surface area contributed by atoms with Crippen LogP contribution in [0, 0.1) is 12.7 Å². The quantitative estimate of drug-likeness (QED) is 0.276. The molecular formula is C22H20FN3O4.